The van der Waals surface area contributed by atoms with E-state index in [0.717, 1.165) is 24.6 Å². The molecule has 2 atom stereocenters. The molecule has 132 valence electrons. The van der Waals surface area contributed by atoms with Crippen LogP contribution in [0.15, 0.2) is 30.3 Å². The normalized spacial score (nSPS) is 24.0. The lowest BCUT2D eigenvalue weighted by Gasteiger charge is -2.35. The minimum absolute atomic E-state index is 0.0122. The molecule has 1 N–H and O–H groups in total. The van der Waals surface area contributed by atoms with Crippen LogP contribution in [0.1, 0.15) is 44.1 Å². The number of hydrogen-bond donors (Lipinski definition) is 1. The molecule has 2 aliphatic rings. The number of nitrogens with one attached hydrogen (secondary N) is 1. The molecule has 2 aliphatic heterocycles. The Hall–Kier alpha value is -1.00. The van der Waals surface area contributed by atoms with E-state index in [-0.39, 0.29) is 11.8 Å². The van der Waals surface area contributed by atoms with Crippen molar-refractivity contribution < 1.29 is 4.79 Å². The van der Waals surface area contributed by atoms with E-state index in [9.17, 15) is 4.79 Å². The summed E-state index contributed by atoms with van der Waals surface area (Å²) in [5.41, 5.74) is 1.13. The van der Waals surface area contributed by atoms with Crippen molar-refractivity contribution in [3.05, 3.63) is 35.9 Å². The molecule has 2 fully saturated rings. The van der Waals surface area contributed by atoms with Gasteiger partial charge in [-0.15, -0.1) is 0 Å². The minimum Gasteiger partial charge on any atom is -0.355 e. The fourth-order valence-corrected chi connectivity index (χ4v) is 5.21. The SMILES string of the molecule is CC[C@@H](C(=O)NCC1CCN([C@@H]2CCSC2)CC1)c1ccccc1. The average molecular weight is 347 g/mol. The van der Waals surface area contributed by atoms with Crippen LogP contribution in [-0.4, -0.2) is 48.0 Å². The predicted molar refractivity (Wildman–Crippen MR) is 103 cm³/mol. The van der Waals surface area contributed by atoms with Gasteiger partial charge in [-0.05, 0) is 56.0 Å². The summed E-state index contributed by atoms with van der Waals surface area (Å²) in [6.45, 7) is 5.36. The summed E-state index contributed by atoms with van der Waals surface area (Å²) >= 11 is 2.10. The molecule has 0 spiro atoms. The van der Waals surface area contributed by atoms with Gasteiger partial charge in [0.2, 0.25) is 5.91 Å². The highest BCUT2D eigenvalue weighted by Crippen LogP contribution is 2.27. The molecule has 0 aromatic heterocycles. The number of rotatable bonds is 6. The Bertz CT molecular complexity index is 508. The van der Waals surface area contributed by atoms with E-state index in [1.54, 1.807) is 0 Å². The standard InChI is InChI=1S/C20H30N2OS/c1-2-19(17-6-4-3-5-7-17)20(23)21-14-16-8-11-22(12-9-16)18-10-13-24-15-18/h3-7,16,18-19H,2,8-15H2,1H3,(H,21,23)/t18-,19-/m1/s1. The number of carbonyl (C=O) groups is 1. The highest BCUT2D eigenvalue weighted by molar-refractivity contribution is 7.99. The fourth-order valence-electron chi connectivity index (χ4n) is 3.96. The lowest BCUT2D eigenvalue weighted by Crippen LogP contribution is -2.44. The molecular formula is C20H30N2OS. The van der Waals surface area contributed by atoms with E-state index in [0.29, 0.717) is 5.92 Å². The van der Waals surface area contributed by atoms with Gasteiger partial charge in [-0.3, -0.25) is 9.69 Å². The van der Waals surface area contributed by atoms with Gasteiger partial charge in [0, 0.05) is 18.3 Å². The second-order valence-electron chi connectivity index (χ2n) is 7.11. The third-order valence-corrected chi connectivity index (χ3v) is 6.71. The van der Waals surface area contributed by atoms with Crippen LogP contribution in [0.5, 0.6) is 0 Å². The van der Waals surface area contributed by atoms with Crippen molar-refractivity contribution in [1.29, 1.82) is 0 Å². The van der Waals surface area contributed by atoms with E-state index < -0.39 is 0 Å². The van der Waals surface area contributed by atoms with Crippen molar-refractivity contribution in [3.63, 3.8) is 0 Å². The summed E-state index contributed by atoms with van der Waals surface area (Å²) in [6, 6.07) is 11.0. The van der Waals surface area contributed by atoms with Gasteiger partial charge < -0.3 is 5.32 Å². The average Bonchev–Trinajstić information content (AvgIpc) is 3.17. The van der Waals surface area contributed by atoms with Crippen LogP contribution >= 0.6 is 11.8 Å². The van der Waals surface area contributed by atoms with Gasteiger partial charge in [0.1, 0.15) is 0 Å². The van der Waals surface area contributed by atoms with Crippen LogP contribution in [0.25, 0.3) is 0 Å². The van der Waals surface area contributed by atoms with Crippen molar-refractivity contribution in [2.75, 3.05) is 31.1 Å². The van der Waals surface area contributed by atoms with Crippen molar-refractivity contribution in [3.8, 4) is 0 Å². The lowest BCUT2D eigenvalue weighted by molar-refractivity contribution is -0.122. The zero-order valence-corrected chi connectivity index (χ0v) is 15.6. The summed E-state index contributed by atoms with van der Waals surface area (Å²) < 4.78 is 0. The molecule has 2 heterocycles. The molecule has 1 aromatic carbocycles. The van der Waals surface area contributed by atoms with E-state index >= 15 is 0 Å². The van der Waals surface area contributed by atoms with E-state index in [4.69, 9.17) is 0 Å². The minimum atomic E-state index is -0.0122. The molecule has 0 saturated carbocycles. The lowest BCUT2D eigenvalue weighted by atomic mass is 9.93. The van der Waals surface area contributed by atoms with Crippen molar-refractivity contribution in [2.45, 2.75) is 44.6 Å². The predicted octanol–water partition coefficient (Wildman–Crippen LogP) is 3.51. The maximum atomic E-state index is 12.6. The first-order chi connectivity index (χ1) is 11.8. The summed E-state index contributed by atoms with van der Waals surface area (Å²) in [7, 11) is 0. The quantitative estimate of drug-likeness (QED) is 0.855. The largest absolute Gasteiger partial charge is 0.355 e. The second kappa shape index (κ2) is 8.91. The number of carbonyl (C=O) groups excluding carboxylic acids is 1. The number of nitrogens with zero attached hydrogens (tertiary/aromatic N) is 1. The number of thioether (sulfide) groups is 1. The first kappa shape index (κ1) is 17.8. The third kappa shape index (κ3) is 4.54. The van der Waals surface area contributed by atoms with Gasteiger partial charge in [0.15, 0.2) is 0 Å². The first-order valence-electron chi connectivity index (χ1n) is 9.42. The topological polar surface area (TPSA) is 32.3 Å². The van der Waals surface area contributed by atoms with Gasteiger partial charge in [0.25, 0.3) is 0 Å². The van der Waals surface area contributed by atoms with Gasteiger partial charge in [-0.1, -0.05) is 37.3 Å². The maximum Gasteiger partial charge on any atom is 0.227 e. The molecule has 0 aliphatic carbocycles. The van der Waals surface area contributed by atoms with Gasteiger partial charge in [-0.2, -0.15) is 11.8 Å². The molecule has 4 heteroatoms. The van der Waals surface area contributed by atoms with E-state index in [2.05, 4.69) is 41.0 Å². The van der Waals surface area contributed by atoms with Crippen molar-refractivity contribution >= 4 is 17.7 Å². The molecule has 0 unspecified atom stereocenters. The van der Waals surface area contributed by atoms with Crippen LogP contribution < -0.4 is 5.32 Å². The molecular weight excluding hydrogens is 316 g/mol. The Morgan fingerprint density at radius 1 is 1.25 bits per heavy atom. The van der Waals surface area contributed by atoms with Gasteiger partial charge >= 0.3 is 0 Å². The molecule has 3 nitrogen and oxygen atoms in total. The van der Waals surface area contributed by atoms with Crippen LogP contribution in [-0.2, 0) is 4.79 Å². The molecule has 1 aromatic rings. The number of piperidine rings is 1. The Morgan fingerprint density at radius 2 is 2.00 bits per heavy atom. The highest BCUT2D eigenvalue weighted by Gasteiger charge is 2.28. The van der Waals surface area contributed by atoms with Gasteiger partial charge in [-0.25, -0.2) is 0 Å². The zero-order valence-electron chi connectivity index (χ0n) is 14.7. The van der Waals surface area contributed by atoms with Gasteiger partial charge in [0.05, 0.1) is 5.92 Å². The number of hydrogen-bond acceptors (Lipinski definition) is 3. The fraction of sp³-hybridized carbons (Fsp3) is 0.650. The number of amides is 1. The summed E-state index contributed by atoms with van der Waals surface area (Å²) in [5, 5.41) is 3.22. The zero-order chi connectivity index (χ0) is 16.8. The third-order valence-electron chi connectivity index (χ3n) is 5.56. The van der Waals surface area contributed by atoms with Crippen LogP contribution in [0, 0.1) is 5.92 Å². The summed E-state index contributed by atoms with van der Waals surface area (Å²) in [5.74, 6) is 3.47. The highest BCUT2D eigenvalue weighted by atomic mass is 32.2. The Morgan fingerprint density at radius 3 is 2.62 bits per heavy atom. The smallest absolute Gasteiger partial charge is 0.227 e. The molecule has 0 bridgehead atoms. The summed E-state index contributed by atoms with van der Waals surface area (Å²) in [4.78, 5) is 15.2. The maximum absolute atomic E-state index is 12.6. The van der Waals surface area contributed by atoms with Crippen LogP contribution in [0.4, 0.5) is 0 Å². The monoisotopic (exact) mass is 346 g/mol. The van der Waals surface area contributed by atoms with Crippen LogP contribution in [0.3, 0.4) is 0 Å². The molecule has 0 radical (unpaired) electrons. The molecule has 3 rings (SSSR count). The summed E-state index contributed by atoms with van der Waals surface area (Å²) in [6.07, 6.45) is 4.67. The van der Waals surface area contributed by atoms with E-state index in [1.807, 2.05) is 18.2 Å². The number of benzene rings is 1. The van der Waals surface area contributed by atoms with Crippen LogP contribution in [0.2, 0.25) is 0 Å². The van der Waals surface area contributed by atoms with Crippen molar-refractivity contribution in [2.24, 2.45) is 5.92 Å². The number of likely N-dealkylation sites (tertiary alicyclic amines) is 1. The Balaban J connectivity index is 1.43. The second-order valence-corrected chi connectivity index (χ2v) is 8.26. The Labute approximate surface area is 150 Å². The van der Waals surface area contributed by atoms with Crippen molar-refractivity contribution in [1.82, 2.24) is 10.2 Å². The molecule has 2 saturated heterocycles. The Kier molecular flexibility index (Phi) is 6.61. The van der Waals surface area contributed by atoms with E-state index in [1.165, 1.54) is 43.9 Å². The molecule has 24 heavy (non-hydrogen) atoms. The first-order valence-corrected chi connectivity index (χ1v) is 10.6. The molecule has 1 amide bonds.